The first-order valence-electron chi connectivity index (χ1n) is 12.8. The normalized spacial score (nSPS) is 24.1. The van der Waals surface area contributed by atoms with Gasteiger partial charge in [0.1, 0.15) is 22.9 Å². The molecule has 0 amide bonds. The van der Waals surface area contributed by atoms with Gasteiger partial charge in [0.2, 0.25) is 5.75 Å². The van der Waals surface area contributed by atoms with E-state index in [4.69, 9.17) is 9.47 Å². The Labute approximate surface area is 224 Å². The highest BCUT2D eigenvalue weighted by Gasteiger charge is 2.43. The van der Waals surface area contributed by atoms with Crippen LogP contribution < -0.4 is 9.47 Å². The molecule has 0 bridgehead atoms. The Balaban J connectivity index is 1.42. The molecule has 2 aliphatic rings. The van der Waals surface area contributed by atoms with Gasteiger partial charge in [-0.1, -0.05) is 32.6 Å². The van der Waals surface area contributed by atoms with Gasteiger partial charge in [-0.2, -0.15) is 8.78 Å². The van der Waals surface area contributed by atoms with Crippen LogP contribution >= 0.6 is 0 Å². The number of ether oxygens (including phenoxy) is 4. The maximum Gasteiger partial charge on any atom is 0.573 e. The van der Waals surface area contributed by atoms with Crippen molar-refractivity contribution in [3.63, 3.8) is 0 Å². The Kier molecular flexibility index (Phi) is 9.13. The number of benzene rings is 2. The second-order valence-corrected chi connectivity index (χ2v) is 10.1. The van der Waals surface area contributed by atoms with Gasteiger partial charge in [0.25, 0.3) is 0 Å². The van der Waals surface area contributed by atoms with Gasteiger partial charge >= 0.3 is 12.5 Å². The second-order valence-electron chi connectivity index (χ2n) is 10.1. The van der Waals surface area contributed by atoms with E-state index in [-0.39, 0.29) is 36.8 Å². The fourth-order valence-electron chi connectivity index (χ4n) is 5.35. The van der Waals surface area contributed by atoms with Crippen molar-refractivity contribution >= 4 is 0 Å². The average molecular weight is 586 g/mol. The second kappa shape index (κ2) is 12.1. The molecule has 1 saturated carbocycles. The fourth-order valence-corrected chi connectivity index (χ4v) is 5.35. The van der Waals surface area contributed by atoms with Crippen LogP contribution in [-0.2, 0) is 15.6 Å². The molecule has 1 saturated heterocycles. The molecule has 2 aromatic rings. The molecule has 40 heavy (non-hydrogen) atoms. The minimum atomic E-state index is -5.47. The molecular formula is C27H27F9O4. The van der Waals surface area contributed by atoms with E-state index in [2.05, 4.69) is 16.4 Å². The Bertz CT molecular complexity index is 1130. The number of rotatable bonds is 8. The van der Waals surface area contributed by atoms with Gasteiger partial charge in [0.15, 0.2) is 17.9 Å². The van der Waals surface area contributed by atoms with Crippen molar-refractivity contribution in [2.75, 3.05) is 13.2 Å². The van der Waals surface area contributed by atoms with Crippen LogP contribution in [0.15, 0.2) is 24.3 Å². The molecule has 0 unspecified atom stereocenters. The lowest BCUT2D eigenvalue weighted by atomic mass is 9.75. The van der Waals surface area contributed by atoms with Crippen molar-refractivity contribution < 1.29 is 58.5 Å². The van der Waals surface area contributed by atoms with Crippen molar-refractivity contribution in [2.24, 2.45) is 17.8 Å². The Morgan fingerprint density at radius 3 is 1.80 bits per heavy atom. The molecular weight excluding hydrogens is 559 g/mol. The first kappa shape index (κ1) is 30.3. The predicted molar refractivity (Wildman–Crippen MR) is 122 cm³/mol. The summed E-state index contributed by atoms with van der Waals surface area (Å²) in [5.41, 5.74) is -2.09. The molecule has 4 rings (SSSR count). The molecule has 13 heteroatoms. The van der Waals surface area contributed by atoms with Crippen molar-refractivity contribution in [3.05, 3.63) is 58.7 Å². The van der Waals surface area contributed by atoms with Crippen LogP contribution in [0.4, 0.5) is 39.5 Å². The number of halogens is 9. The van der Waals surface area contributed by atoms with Gasteiger partial charge in [-0.25, -0.2) is 17.6 Å². The van der Waals surface area contributed by atoms with Crippen LogP contribution in [0.1, 0.15) is 62.9 Å². The zero-order valence-electron chi connectivity index (χ0n) is 21.3. The summed E-state index contributed by atoms with van der Waals surface area (Å²) in [6.07, 6.45) is -4.84. The van der Waals surface area contributed by atoms with Gasteiger partial charge in [0.05, 0.1) is 13.2 Å². The van der Waals surface area contributed by atoms with E-state index < -0.39 is 59.1 Å². The zero-order chi connectivity index (χ0) is 29.2. The lowest BCUT2D eigenvalue weighted by Gasteiger charge is -2.38. The summed E-state index contributed by atoms with van der Waals surface area (Å²) in [5.74, 6) is -9.63. The molecule has 4 nitrogen and oxygen atoms in total. The first-order valence-corrected chi connectivity index (χ1v) is 12.8. The van der Waals surface area contributed by atoms with Gasteiger partial charge in [-0.3, -0.25) is 0 Å². The van der Waals surface area contributed by atoms with E-state index in [0.29, 0.717) is 24.0 Å². The van der Waals surface area contributed by atoms with Gasteiger partial charge in [-0.05, 0) is 36.8 Å². The Morgan fingerprint density at radius 2 is 1.30 bits per heavy atom. The monoisotopic (exact) mass is 586 g/mol. The van der Waals surface area contributed by atoms with Crippen LogP contribution in [0.2, 0.25) is 0 Å². The third-order valence-corrected chi connectivity index (χ3v) is 7.24. The minimum absolute atomic E-state index is 0.0430. The summed E-state index contributed by atoms with van der Waals surface area (Å²) >= 11 is 0. The molecule has 1 aliphatic carbocycles. The molecule has 222 valence electrons. The lowest BCUT2D eigenvalue weighted by molar-refractivity contribution is -0.276. The van der Waals surface area contributed by atoms with Gasteiger partial charge in [-0.15, -0.1) is 13.2 Å². The van der Waals surface area contributed by atoms with Crippen molar-refractivity contribution in [3.8, 4) is 11.5 Å². The van der Waals surface area contributed by atoms with Crippen LogP contribution in [0.3, 0.4) is 0 Å². The van der Waals surface area contributed by atoms with E-state index in [1.54, 1.807) is 0 Å². The summed E-state index contributed by atoms with van der Waals surface area (Å²) in [6.45, 7) is 2.69. The van der Waals surface area contributed by atoms with E-state index >= 15 is 0 Å². The molecule has 0 radical (unpaired) electrons. The fraction of sp³-hybridized carbons (Fsp3) is 0.556. The van der Waals surface area contributed by atoms with Crippen LogP contribution in [-0.4, -0.2) is 19.6 Å². The zero-order valence-corrected chi connectivity index (χ0v) is 21.3. The van der Waals surface area contributed by atoms with Gasteiger partial charge in [0, 0.05) is 23.6 Å². The smallest absolute Gasteiger partial charge is 0.429 e. The van der Waals surface area contributed by atoms with Crippen molar-refractivity contribution in [1.82, 2.24) is 0 Å². The molecule has 1 heterocycles. The van der Waals surface area contributed by atoms with E-state index in [1.165, 1.54) is 6.42 Å². The number of hydrogen-bond donors (Lipinski definition) is 0. The highest BCUT2D eigenvalue weighted by molar-refractivity contribution is 5.36. The molecule has 0 atom stereocenters. The maximum atomic E-state index is 14.7. The number of alkyl halides is 5. The quantitative estimate of drug-likeness (QED) is 0.291. The summed E-state index contributed by atoms with van der Waals surface area (Å²) in [6, 6.07) is 1.05. The van der Waals surface area contributed by atoms with E-state index in [9.17, 15) is 39.5 Å². The molecule has 2 fully saturated rings. The van der Waals surface area contributed by atoms with E-state index in [1.807, 2.05) is 0 Å². The SMILES string of the molecule is CCCC1CCC(C2COC(c3cc(F)c(C(F)(F)Oc4cc(F)c(OC(F)(F)F)c(F)c4)c(F)c3)OC2)CC1. The minimum Gasteiger partial charge on any atom is -0.429 e. The third-order valence-electron chi connectivity index (χ3n) is 7.24. The standard InChI is InChI=1S/C27H27F9O4/c1-2-3-14-4-6-15(7-5-14)17-12-37-25(38-13-17)16-8-19(28)23(20(29)9-16)26(32,33)39-18-10-21(30)24(22(31)11-18)40-27(34,35)36/h8-11,14-15,17,25H,2-7,12-13H2,1H3. The topological polar surface area (TPSA) is 36.9 Å². The number of hydrogen-bond acceptors (Lipinski definition) is 4. The summed E-state index contributed by atoms with van der Waals surface area (Å²) in [7, 11) is 0. The van der Waals surface area contributed by atoms with E-state index in [0.717, 1.165) is 32.1 Å². The molecule has 2 aromatic carbocycles. The average Bonchev–Trinajstić information content (AvgIpc) is 2.86. The van der Waals surface area contributed by atoms with Crippen LogP contribution in [0, 0.1) is 41.0 Å². The summed E-state index contributed by atoms with van der Waals surface area (Å²) < 4.78 is 142. The Morgan fingerprint density at radius 1 is 0.750 bits per heavy atom. The summed E-state index contributed by atoms with van der Waals surface area (Å²) in [4.78, 5) is 0. The third kappa shape index (κ3) is 7.15. The van der Waals surface area contributed by atoms with Crippen molar-refractivity contribution in [2.45, 2.75) is 64.2 Å². The molecule has 0 aromatic heterocycles. The largest absolute Gasteiger partial charge is 0.573 e. The molecule has 1 aliphatic heterocycles. The first-order chi connectivity index (χ1) is 18.8. The highest BCUT2D eigenvalue weighted by Crippen LogP contribution is 2.41. The highest BCUT2D eigenvalue weighted by atomic mass is 19.4. The van der Waals surface area contributed by atoms with Gasteiger partial charge < -0.3 is 18.9 Å². The maximum absolute atomic E-state index is 14.7. The van der Waals surface area contributed by atoms with Crippen LogP contribution in [0.5, 0.6) is 11.5 Å². The lowest BCUT2D eigenvalue weighted by Crippen LogP contribution is -2.34. The summed E-state index contributed by atoms with van der Waals surface area (Å²) in [5, 5.41) is 0. The predicted octanol–water partition coefficient (Wildman–Crippen LogP) is 8.54. The van der Waals surface area contributed by atoms with Crippen LogP contribution in [0.25, 0.3) is 0 Å². The Hall–Kier alpha value is -2.67. The van der Waals surface area contributed by atoms with Crippen molar-refractivity contribution in [1.29, 1.82) is 0 Å². The molecule has 0 N–H and O–H groups in total. The molecule has 0 spiro atoms.